The van der Waals surface area contributed by atoms with Gasteiger partial charge < -0.3 is 15.1 Å². The minimum absolute atomic E-state index is 0.124. The van der Waals surface area contributed by atoms with Crippen molar-refractivity contribution in [3.8, 4) is 11.6 Å². The molecule has 1 fully saturated rings. The second-order valence-corrected chi connectivity index (χ2v) is 5.19. The highest BCUT2D eigenvalue weighted by atomic mass is 16.3. The van der Waals surface area contributed by atoms with Crippen LogP contribution in [0, 0.1) is 0 Å². The lowest BCUT2D eigenvalue weighted by Crippen LogP contribution is -2.29. The Labute approximate surface area is 125 Å². The largest absolute Gasteiger partial charge is 0.461 e. The molecule has 3 aromatic heterocycles. The minimum Gasteiger partial charge on any atom is -0.461 e. The first-order valence-corrected chi connectivity index (χ1v) is 7.08. The molecular weight excluding hydrogens is 284 g/mol. The summed E-state index contributed by atoms with van der Waals surface area (Å²) in [6.07, 6.45) is 5.15. The van der Waals surface area contributed by atoms with Crippen LogP contribution in [0.2, 0.25) is 0 Å². The summed E-state index contributed by atoms with van der Waals surface area (Å²) in [5.41, 5.74) is 6.61. The number of carbonyl (C=O) groups is 1. The van der Waals surface area contributed by atoms with Crippen LogP contribution < -0.4 is 5.73 Å². The first-order chi connectivity index (χ1) is 10.7. The van der Waals surface area contributed by atoms with Gasteiger partial charge in [-0.2, -0.15) is 0 Å². The third-order valence-electron chi connectivity index (χ3n) is 3.70. The quantitative estimate of drug-likeness (QED) is 0.762. The molecule has 2 N–H and O–H groups in total. The Morgan fingerprint density at radius 1 is 1.27 bits per heavy atom. The zero-order valence-electron chi connectivity index (χ0n) is 11.8. The lowest BCUT2D eigenvalue weighted by Gasteiger charge is -2.14. The van der Waals surface area contributed by atoms with Gasteiger partial charge in [0.2, 0.25) is 5.82 Å². The maximum absolute atomic E-state index is 12.4. The molecule has 0 atom stereocenters. The smallest absolute Gasteiger partial charge is 0.274 e. The van der Waals surface area contributed by atoms with Crippen molar-refractivity contribution in [2.75, 3.05) is 18.8 Å². The number of fused-ring (bicyclic) bond motifs is 1. The number of rotatable bonds is 2. The highest BCUT2D eigenvalue weighted by molar-refractivity contribution is 5.93. The van der Waals surface area contributed by atoms with Gasteiger partial charge in [-0.1, -0.05) is 0 Å². The van der Waals surface area contributed by atoms with E-state index < -0.39 is 0 Å². The van der Waals surface area contributed by atoms with Crippen molar-refractivity contribution in [1.82, 2.24) is 24.5 Å². The standard InChI is InChI=1S/C14H14N6O2/c15-11-13-17-12(10-4-3-7-22-10)18-20(13)8-9(16-11)14(21)19-5-1-2-6-19/h3-4,7-8H,1-2,5-6H2,(H2,15,16). The van der Waals surface area contributed by atoms with E-state index in [0.717, 1.165) is 25.9 Å². The van der Waals surface area contributed by atoms with Crippen molar-refractivity contribution >= 4 is 17.4 Å². The van der Waals surface area contributed by atoms with Gasteiger partial charge in [0.15, 0.2) is 17.2 Å². The Morgan fingerprint density at radius 3 is 2.82 bits per heavy atom. The molecule has 1 aliphatic rings. The molecule has 4 heterocycles. The summed E-state index contributed by atoms with van der Waals surface area (Å²) < 4.78 is 6.75. The number of aromatic nitrogens is 4. The zero-order valence-corrected chi connectivity index (χ0v) is 11.8. The highest BCUT2D eigenvalue weighted by Gasteiger charge is 2.22. The monoisotopic (exact) mass is 298 g/mol. The summed E-state index contributed by atoms with van der Waals surface area (Å²) in [4.78, 5) is 22.7. The Hall–Kier alpha value is -2.90. The first-order valence-electron chi connectivity index (χ1n) is 7.08. The summed E-state index contributed by atoms with van der Waals surface area (Å²) in [7, 11) is 0. The molecule has 8 nitrogen and oxygen atoms in total. The lowest BCUT2D eigenvalue weighted by atomic mass is 10.4. The van der Waals surface area contributed by atoms with Gasteiger partial charge in [-0.15, -0.1) is 5.10 Å². The predicted molar refractivity (Wildman–Crippen MR) is 78.0 cm³/mol. The summed E-state index contributed by atoms with van der Waals surface area (Å²) in [6, 6.07) is 3.51. The van der Waals surface area contributed by atoms with Crippen molar-refractivity contribution in [2.45, 2.75) is 12.8 Å². The minimum atomic E-state index is -0.124. The van der Waals surface area contributed by atoms with Crippen LogP contribution in [0.4, 0.5) is 5.82 Å². The van der Waals surface area contributed by atoms with Gasteiger partial charge >= 0.3 is 0 Å². The van der Waals surface area contributed by atoms with Gasteiger partial charge in [0, 0.05) is 13.1 Å². The molecule has 1 amide bonds. The van der Waals surface area contributed by atoms with Gasteiger partial charge in [-0.25, -0.2) is 14.5 Å². The van der Waals surface area contributed by atoms with Crippen LogP contribution in [-0.2, 0) is 0 Å². The van der Waals surface area contributed by atoms with Gasteiger partial charge in [-0.05, 0) is 25.0 Å². The molecule has 0 spiro atoms. The number of likely N-dealkylation sites (tertiary alicyclic amines) is 1. The molecule has 4 rings (SSSR count). The number of nitrogen functional groups attached to an aromatic ring is 1. The number of carbonyl (C=O) groups excluding carboxylic acids is 1. The van der Waals surface area contributed by atoms with Gasteiger partial charge in [0.1, 0.15) is 5.69 Å². The van der Waals surface area contributed by atoms with Crippen molar-refractivity contribution < 1.29 is 9.21 Å². The maximum atomic E-state index is 12.4. The van der Waals surface area contributed by atoms with Crippen molar-refractivity contribution in [3.63, 3.8) is 0 Å². The second-order valence-electron chi connectivity index (χ2n) is 5.19. The van der Waals surface area contributed by atoms with Crippen LogP contribution in [0.25, 0.3) is 17.2 Å². The average molecular weight is 298 g/mol. The van der Waals surface area contributed by atoms with E-state index in [9.17, 15) is 4.79 Å². The van der Waals surface area contributed by atoms with Gasteiger partial charge in [-0.3, -0.25) is 4.79 Å². The summed E-state index contributed by atoms with van der Waals surface area (Å²) in [6.45, 7) is 1.51. The van der Waals surface area contributed by atoms with E-state index in [2.05, 4.69) is 15.1 Å². The number of hydrogen-bond acceptors (Lipinski definition) is 6. The molecule has 0 saturated carbocycles. The zero-order chi connectivity index (χ0) is 15.1. The van der Waals surface area contributed by atoms with Crippen LogP contribution >= 0.6 is 0 Å². The first kappa shape index (κ1) is 12.8. The lowest BCUT2D eigenvalue weighted by molar-refractivity contribution is 0.0786. The SMILES string of the molecule is Nc1nc(C(=O)N2CCCC2)cn2nc(-c3ccco3)nc12. The molecule has 112 valence electrons. The van der Waals surface area contributed by atoms with Crippen molar-refractivity contribution in [1.29, 1.82) is 0 Å². The predicted octanol–water partition coefficient (Wildman–Crippen LogP) is 1.20. The van der Waals surface area contributed by atoms with E-state index in [1.807, 2.05) is 0 Å². The molecule has 22 heavy (non-hydrogen) atoms. The molecule has 0 bridgehead atoms. The van der Waals surface area contributed by atoms with Crippen LogP contribution in [0.15, 0.2) is 29.0 Å². The number of anilines is 1. The topological polar surface area (TPSA) is 103 Å². The maximum Gasteiger partial charge on any atom is 0.274 e. The number of nitrogens with two attached hydrogens (primary N) is 1. The molecular formula is C14H14N6O2. The highest BCUT2D eigenvalue weighted by Crippen LogP contribution is 2.20. The van der Waals surface area contributed by atoms with Crippen molar-refractivity contribution in [3.05, 3.63) is 30.3 Å². The van der Waals surface area contributed by atoms with Crippen LogP contribution in [0.3, 0.4) is 0 Å². The third-order valence-corrected chi connectivity index (χ3v) is 3.70. The van der Waals surface area contributed by atoms with Crippen molar-refractivity contribution in [2.24, 2.45) is 0 Å². The summed E-state index contributed by atoms with van der Waals surface area (Å²) in [5, 5.41) is 4.31. The summed E-state index contributed by atoms with van der Waals surface area (Å²) in [5.74, 6) is 0.997. The second kappa shape index (κ2) is 4.83. The van der Waals surface area contributed by atoms with Gasteiger partial charge in [0.05, 0.1) is 12.5 Å². The third kappa shape index (κ3) is 2.00. The number of furan rings is 1. The Balaban J connectivity index is 1.77. The molecule has 8 heteroatoms. The Kier molecular flexibility index (Phi) is 2.81. The van der Waals surface area contributed by atoms with E-state index in [0.29, 0.717) is 17.2 Å². The van der Waals surface area contributed by atoms with E-state index in [1.165, 1.54) is 4.52 Å². The number of amides is 1. The van der Waals surface area contributed by atoms with Gasteiger partial charge in [0.25, 0.3) is 5.91 Å². The molecule has 3 aromatic rings. The van der Waals surface area contributed by atoms with E-state index in [1.54, 1.807) is 29.5 Å². The fraction of sp³-hybridized carbons (Fsp3) is 0.286. The van der Waals surface area contributed by atoms with E-state index >= 15 is 0 Å². The molecule has 0 radical (unpaired) electrons. The number of hydrogen-bond donors (Lipinski definition) is 1. The van der Waals surface area contributed by atoms with E-state index in [4.69, 9.17) is 10.2 Å². The molecule has 0 aliphatic carbocycles. The molecule has 0 aromatic carbocycles. The number of nitrogens with zero attached hydrogens (tertiary/aromatic N) is 5. The Morgan fingerprint density at radius 2 is 2.09 bits per heavy atom. The fourth-order valence-corrected chi connectivity index (χ4v) is 2.61. The Bertz CT molecular complexity index is 833. The van der Waals surface area contributed by atoms with Crippen LogP contribution in [-0.4, -0.2) is 43.5 Å². The van der Waals surface area contributed by atoms with Crippen LogP contribution in [0.1, 0.15) is 23.3 Å². The molecule has 1 aliphatic heterocycles. The molecule has 1 saturated heterocycles. The summed E-state index contributed by atoms with van der Waals surface area (Å²) >= 11 is 0. The van der Waals surface area contributed by atoms with Crippen LogP contribution in [0.5, 0.6) is 0 Å². The molecule has 0 unspecified atom stereocenters. The van der Waals surface area contributed by atoms with E-state index in [-0.39, 0.29) is 17.4 Å². The fourth-order valence-electron chi connectivity index (χ4n) is 2.61. The normalized spacial score (nSPS) is 14.8. The average Bonchev–Trinajstić information content (AvgIpc) is 3.25.